The number of nitrogens with zero attached hydrogens (tertiary/aromatic N) is 2. The van der Waals surface area contributed by atoms with Gasteiger partial charge in [0.05, 0.1) is 6.04 Å². The number of halogens is 3. The molecule has 32 heavy (non-hydrogen) atoms. The van der Waals surface area contributed by atoms with E-state index < -0.39 is 41.9 Å². The summed E-state index contributed by atoms with van der Waals surface area (Å²) in [5, 5.41) is 10.4. The Morgan fingerprint density at radius 2 is 1.75 bits per heavy atom. The van der Waals surface area contributed by atoms with Crippen molar-refractivity contribution < 1.29 is 41.4 Å². The number of aromatic nitrogens is 2. The van der Waals surface area contributed by atoms with Crippen LogP contribution in [0.4, 0.5) is 18.0 Å². The highest BCUT2D eigenvalue weighted by molar-refractivity contribution is 5.69. The maximum Gasteiger partial charge on any atom is 0.573 e. The van der Waals surface area contributed by atoms with Crippen LogP contribution >= 0.6 is 0 Å². The maximum absolute atomic E-state index is 12.3. The molecule has 0 aliphatic rings. The third-order valence-electron chi connectivity index (χ3n) is 3.82. The molecule has 2 aromatic rings. The molecule has 1 aromatic carbocycles. The van der Waals surface area contributed by atoms with E-state index >= 15 is 0 Å². The highest BCUT2D eigenvalue weighted by atomic mass is 19.4. The number of benzene rings is 1. The van der Waals surface area contributed by atoms with Gasteiger partial charge in [-0.15, -0.1) is 23.4 Å². The van der Waals surface area contributed by atoms with Gasteiger partial charge in [-0.25, -0.2) is 4.79 Å². The van der Waals surface area contributed by atoms with E-state index in [1.807, 2.05) is 0 Å². The number of carbonyl (C=O) groups excluding carboxylic acids is 2. The lowest BCUT2D eigenvalue weighted by Gasteiger charge is -2.26. The Morgan fingerprint density at radius 3 is 2.25 bits per heavy atom. The fraction of sp³-hybridized carbons (Fsp3) is 0.500. The molecule has 0 spiro atoms. The molecule has 12 heteroatoms. The van der Waals surface area contributed by atoms with Crippen molar-refractivity contribution in [1.82, 2.24) is 15.5 Å². The summed E-state index contributed by atoms with van der Waals surface area (Å²) in [5.41, 5.74) is -0.424. The van der Waals surface area contributed by atoms with Gasteiger partial charge in [0.1, 0.15) is 11.4 Å². The van der Waals surface area contributed by atoms with E-state index in [0.717, 1.165) is 12.1 Å². The monoisotopic (exact) mass is 459 g/mol. The van der Waals surface area contributed by atoms with E-state index in [4.69, 9.17) is 13.9 Å². The van der Waals surface area contributed by atoms with Gasteiger partial charge in [-0.1, -0.05) is 6.92 Å². The number of amides is 1. The molecule has 0 saturated carbocycles. The molecule has 0 fully saturated rings. The lowest BCUT2D eigenvalue weighted by molar-refractivity contribution is -0.274. The van der Waals surface area contributed by atoms with Crippen molar-refractivity contribution in [3.8, 4) is 17.2 Å². The van der Waals surface area contributed by atoms with Gasteiger partial charge in [-0.05, 0) is 51.5 Å². The molecule has 2 atom stereocenters. The number of hydrogen-bond donors (Lipinski definition) is 1. The first-order valence-corrected chi connectivity index (χ1v) is 9.63. The zero-order valence-corrected chi connectivity index (χ0v) is 18.1. The van der Waals surface area contributed by atoms with Crippen LogP contribution in [-0.2, 0) is 14.3 Å². The molecule has 1 aromatic heterocycles. The van der Waals surface area contributed by atoms with Crippen LogP contribution in [0, 0.1) is 0 Å². The summed E-state index contributed by atoms with van der Waals surface area (Å²) in [4.78, 5) is 23.8. The molecule has 0 radical (unpaired) electrons. The van der Waals surface area contributed by atoms with E-state index in [-0.39, 0.29) is 11.8 Å². The second-order valence-electron chi connectivity index (χ2n) is 7.71. The first kappa shape index (κ1) is 25.0. The van der Waals surface area contributed by atoms with Gasteiger partial charge in [0.15, 0.2) is 6.10 Å². The summed E-state index contributed by atoms with van der Waals surface area (Å²) >= 11 is 0. The number of ether oxygens (including phenoxy) is 3. The average Bonchev–Trinajstić information content (AvgIpc) is 3.12. The largest absolute Gasteiger partial charge is 0.573 e. The van der Waals surface area contributed by atoms with Gasteiger partial charge in [-0.2, -0.15) is 0 Å². The predicted octanol–water partition coefficient (Wildman–Crippen LogP) is 4.54. The summed E-state index contributed by atoms with van der Waals surface area (Å²) in [5.74, 6) is -1.18. The summed E-state index contributed by atoms with van der Waals surface area (Å²) in [7, 11) is 0. The maximum atomic E-state index is 12.3. The van der Waals surface area contributed by atoms with Crippen molar-refractivity contribution in [1.29, 1.82) is 0 Å². The molecular weight excluding hydrogens is 435 g/mol. The predicted molar refractivity (Wildman–Crippen MR) is 104 cm³/mol. The smallest absolute Gasteiger partial charge is 0.450 e. The van der Waals surface area contributed by atoms with Crippen molar-refractivity contribution in [2.75, 3.05) is 0 Å². The van der Waals surface area contributed by atoms with E-state index in [0.29, 0.717) is 12.0 Å². The highest BCUT2D eigenvalue weighted by Gasteiger charge is 2.33. The van der Waals surface area contributed by atoms with Crippen molar-refractivity contribution >= 4 is 12.1 Å². The molecular formula is C20H24F3N3O6. The summed E-state index contributed by atoms with van der Waals surface area (Å²) in [6.45, 7) is 8.03. The van der Waals surface area contributed by atoms with Gasteiger partial charge in [-0.3, -0.25) is 4.79 Å². The van der Waals surface area contributed by atoms with Gasteiger partial charge in [0.2, 0.25) is 5.89 Å². The van der Waals surface area contributed by atoms with Crippen LogP contribution in [-0.4, -0.2) is 40.3 Å². The van der Waals surface area contributed by atoms with Gasteiger partial charge >= 0.3 is 18.4 Å². The Hall–Kier alpha value is -3.31. The fourth-order valence-corrected chi connectivity index (χ4v) is 2.60. The minimum atomic E-state index is -4.81. The quantitative estimate of drug-likeness (QED) is 0.601. The topological polar surface area (TPSA) is 113 Å². The molecule has 1 unspecified atom stereocenters. The molecule has 0 aliphatic heterocycles. The van der Waals surface area contributed by atoms with Crippen molar-refractivity contribution in [3.63, 3.8) is 0 Å². The normalized spacial score (nSPS) is 13.8. The minimum Gasteiger partial charge on any atom is -0.450 e. The van der Waals surface area contributed by atoms with Crippen LogP contribution in [0.3, 0.4) is 0 Å². The first-order chi connectivity index (χ1) is 14.8. The molecule has 9 nitrogen and oxygen atoms in total. The zero-order valence-electron chi connectivity index (χ0n) is 18.1. The average molecular weight is 459 g/mol. The number of hydrogen-bond acceptors (Lipinski definition) is 8. The van der Waals surface area contributed by atoms with Crippen LogP contribution in [0.2, 0.25) is 0 Å². The highest BCUT2D eigenvalue weighted by Crippen LogP contribution is 2.29. The third kappa shape index (κ3) is 7.75. The standard InChI is InChI=1S/C20H24F3N3O6/c1-6-14(24-18(28)32-19(3,4)5)15(29-11(2)27)17-26-25-16(30-17)12-7-9-13(10-8-12)31-20(21,22)23/h7-10,14-15H,6H2,1-5H3,(H,24,28)/t14-,15?/m0/s1. The Morgan fingerprint density at radius 1 is 1.12 bits per heavy atom. The fourth-order valence-electron chi connectivity index (χ4n) is 2.60. The zero-order chi connectivity index (χ0) is 24.1. The second-order valence-corrected chi connectivity index (χ2v) is 7.71. The van der Waals surface area contributed by atoms with Crippen molar-refractivity contribution in [3.05, 3.63) is 30.2 Å². The van der Waals surface area contributed by atoms with E-state index in [9.17, 15) is 22.8 Å². The number of alkyl halides is 3. The lowest BCUT2D eigenvalue weighted by Crippen LogP contribution is -2.43. The van der Waals surface area contributed by atoms with Crippen LogP contribution in [0.25, 0.3) is 11.5 Å². The molecule has 1 amide bonds. The molecule has 1 N–H and O–H groups in total. The SMILES string of the molecule is CC[C@H](NC(=O)OC(C)(C)C)C(OC(C)=O)c1nnc(-c2ccc(OC(F)(F)F)cc2)o1. The molecule has 0 saturated heterocycles. The number of carbonyl (C=O) groups is 2. The summed E-state index contributed by atoms with van der Waals surface area (Å²) in [6, 6.07) is 4.04. The Bertz CT molecular complexity index is 922. The van der Waals surface area contributed by atoms with E-state index in [1.165, 1.54) is 19.1 Å². The number of nitrogens with one attached hydrogen (secondary N) is 1. The Kier molecular flexibility index (Phi) is 7.70. The lowest BCUT2D eigenvalue weighted by atomic mass is 10.1. The van der Waals surface area contributed by atoms with Crippen LogP contribution in [0.1, 0.15) is 53.0 Å². The molecule has 2 rings (SSSR count). The van der Waals surface area contributed by atoms with E-state index in [2.05, 4.69) is 20.3 Å². The number of esters is 1. The summed E-state index contributed by atoms with van der Waals surface area (Å²) < 4.78 is 56.9. The third-order valence-corrected chi connectivity index (χ3v) is 3.82. The molecule has 0 bridgehead atoms. The van der Waals surface area contributed by atoms with E-state index in [1.54, 1.807) is 27.7 Å². The Balaban J connectivity index is 2.23. The Labute approximate surface area is 182 Å². The second kappa shape index (κ2) is 9.88. The molecule has 0 aliphatic carbocycles. The first-order valence-electron chi connectivity index (χ1n) is 9.63. The van der Waals surface area contributed by atoms with Crippen LogP contribution in [0.5, 0.6) is 5.75 Å². The number of rotatable bonds is 7. The minimum absolute atomic E-state index is 0.0252. The van der Waals surface area contributed by atoms with Crippen molar-refractivity contribution in [2.45, 2.75) is 65.1 Å². The van der Waals surface area contributed by atoms with Gasteiger partial charge in [0, 0.05) is 12.5 Å². The van der Waals surface area contributed by atoms with Crippen molar-refractivity contribution in [2.24, 2.45) is 0 Å². The van der Waals surface area contributed by atoms with Crippen LogP contribution < -0.4 is 10.1 Å². The summed E-state index contributed by atoms with van der Waals surface area (Å²) in [6.07, 6.45) is -6.31. The van der Waals surface area contributed by atoms with Gasteiger partial charge < -0.3 is 23.9 Å². The molecule has 176 valence electrons. The molecule has 1 heterocycles. The van der Waals surface area contributed by atoms with Gasteiger partial charge in [0.25, 0.3) is 5.89 Å². The number of alkyl carbamates (subject to hydrolysis) is 1. The van der Waals surface area contributed by atoms with Crippen LogP contribution in [0.15, 0.2) is 28.7 Å².